The van der Waals surface area contributed by atoms with Crippen LogP contribution in [0, 0.1) is 6.92 Å². The van der Waals surface area contributed by atoms with E-state index in [1.54, 1.807) is 0 Å². The molecule has 2 aliphatic carbocycles. The van der Waals surface area contributed by atoms with E-state index in [-0.39, 0.29) is 0 Å². The van der Waals surface area contributed by atoms with Crippen molar-refractivity contribution in [1.82, 2.24) is 0 Å². The molecule has 9 aromatic rings. The Labute approximate surface area is 345 Å². The van der Waals surface area contributed by atoms with Gasteiger partial charge in [-0.25, -0.2) is 0 Å². The van der Waals surface area contributed by atoms with E-state index in [9.17, 15) is 0 Å². The van der Waals surface area contributed by atoms with Gasteiger partial charge in [-0.1, -0.05) is 170 Å². The fourth-order valence-electron chi connectivity index (χ4n) is 11.0. The van der Waals surface area contributed by atoms with Crippen LogP contribution in [0.1, 0.15) is 62.6 Å². The van der Waals surface area contributed by atoms with Gasteiger partial charge in [0.15, 0.2) is 0 Å². The van der Waals surface area contributed by atoms with E-state index in [2.05, 4.69) is 220 Å². The Morgan fingerprint density at radius 3 is 1.58 bits per heavy atom. The van der Waals surface area contributed by atoms with Crippen molar-refractivity contribution in [3.05, 3.63) is 256 Å². The normalized spacial score (nSPS) is 14.6. The number of benzene rings is 9. The Kier molecular flexibility index (Phi) is 7.26. The molecule has 0 saturated heterocycles. The third-order valence-corrected chi connectivity index (χ3v) is 13.4. The number of hydrogen-bond acceptors (Lipinski definition) is 1. The molecule has 1 heteroatoms. The standard InChI is InChI=1S/C58H40O/c1-3-16-38-32-48-47-29-27-41(33-52(47)57(51(48)31-37(38)2,43-19-6-4-7-20-43)44-21-8-5-9-22-44)42-28-30-55-53(35-42)58(54-34-39-17-10-11-18-40(39)36-56(54)59-55)49-25-14-12-23-45(49)46-24-13-15-26-50(46)58/h3-36H,1-2H3/b16-3-. The molecule has 59 heavy (non-hydrogen) atoms. The molecule has 1 heterocycles. The minimum absolute atomic E-state index is 0.510. The third kappa shape index (κ3) is 4.56. The highest BCUT2D eigenvalue weighted by atomic mass is 16.5. The zero-order chi connectivity index (χ0) is 39.3. The van der Waals surface area contributed by atoms with Gasteiger partial charge in [0.2, 0.25) is 0 Å². The Hall–Kier alpha value is -7.22. The van der Waals surface area contributed by atoms with Crippen molar-refractivity contribution in [3.63, 3.8) is 0 Å². The van der Waals surface area contributed by atoms with Crippen LogP contribution in [0.5, 0.6) is 11.5 Å². The molecular formula is C58H40O. The molecule has 0 unspecified atom stereocenters. The summed E-state index contributed by atoms with van der Waals surface area (Å²) in [6.07, 6.45) is 4.38. The van der Waals surface area contributed by atoms with Gasteiger partial charge in [-0.15, -0.1) is 0 Å². The SMILES string of the molecule is C/C=C\c1cc2c(cc1C)C(c1ccccc1)(c1ccccc1)c1cc(-c3ccc4c(c3)C3(c5cc6ccccc6cc5O4)c4ccccc4-c4ccccc43)ccc1-2. The van der Waals surface area contributed by atoms with E-state index in [1.165, 1.54) is 94.2 Å². The molecule has 0 aromatic heterocycles. The average Bonchev–Trinajstić information content (AvgIpc) is 3.74. The Morgan fingerprint density at radius 1 is 0.390 bits per heavy atom. The van der Waals surface area contributed by atoms with Crippen molar-refractivity contribution in [1.29, 1.82) is 0 Å². The molecule has 0 radical (unpaired) electrons. The van der Waals surface area contributed by atoms with Crippen molar-refractivity contribution >= 4 is 16.8 Å². The van der Waals surface area contributed by atoms with E-state index in [1.807, 2.05) is 0 Å². The number of hydrogen-bond donors (Lipinski definition) is 0. The lowest BCUT2D eigenvalue weighted by atomic mass is 9.65. The monoisotopic (exact) mass is 752 g/mol. The van der Waals surface area contributed by atoms with Crippen molar-refractivity contribution < 1.29 is 4.74 Å². The van der Waals surface area contributed by atoms with Gasteiger partial charge in [0.05, 0.1) is 10.8 Å². The smallest absolute Gasteiger partial charge is 0.132 e. The van der Waals surface area contributed by atoms with Gasteiger partial charge in [0.25, 0.3) is 0 Å². The van der Waals surface area contributed by atoms with Crippen LogP contribution in [-0.2, 0) is 10.8 Å². The van der Waals surface area contributed by atoms with Gasteiger partial charge in [-0.3, -0.25) is 0 Å². The number of aryl methyl sites for hydroxylation is 1. The number of fused-ring (bicyclic) bond motifs is 13. The first kappa shape index (κ1) is 33.9. The second kappa shape index (κ2) is 12.6. The summed E-state index contributed by atoms with van der Waals surface area (Å²) in [5.74, 6) is 1.81. The summed E-state index contributed by atoms with van der Waals surface area (Å²) < 4.78 is 6.99. The topological polar surface area (TPSA) is 9.23 Å². The highest BCUT2D eigenvalue weighted by Gasteiger charge is 2.51. The molecule has 1 nitrogen and oxygen atoms in total. The number of ether oxygens (including phenoxy) is 1. The predicted octanol–water partition coefficient (Wildman–Crippen LogP) is 14.7. The summed E-state index contributed by atoms with van der Waals surface area (Å²) in [7, 11) is 0. The van der Waals surface area contributed by atoms with Crippen molar-refractivity contribution in [2.75, 3.05) is 0 Å². The zero-order valence-corrected chi connectivity index (χ0v) is 33.0. The first-order valence-electron chi connectivity index (χ1n) is 20.7. The van der Waals surface area contributed by atoms with Gasteiger partial charge in [0.1, 0.15) is 11.5 Å². The van der Waals surface area contributed by atoms with Gasteiger partial charge >= 0.3 is 0 Å². The summed E-state index contributed by atoms with van der Waals surface area (Å²) in [5, 5.41) is 2.38. The molecule has 9 aromatic carbocycles. The van der Waals surface area contributed by atoms with Crippen LogP contribution in [0.25, 0.3) is 50.2 Å². The molecule has 0 atom stereocenters. The molecule has 0 N–H and O–H groups in total. The summed E-state index contributed by atoms with van der Waals surface area (Å²) in [4.78, 5) is 0. The van der Waals surface area contributed by atoms with E-state index in [4.69, 9.17) is 4.74 Å². The Balaban J connectivity index is 1.14. The maximum absolute atomic E-state index is 6.99. The van der Waals surface area contributed by atoms with Gasteiger partial charge < -0.3 is 4.74 Å². The fraction of sp³-hybridized carbons (Fsp3) is 0.0690. The van der Waals surface area contributed by atoms with Crippen LogP contribution >= 0.6 is 0 Å². The highest BCUT2D eigenvalue weighted by molar-refractivity contribution is 5.94. The molecule has 278 valence electrons. The summed E-state index contributed by atoms with van der Waals surface area (Å²) in [6.45, 7) is 4.35. The quantitative estimate of drug-likeness (QED) is 0.174. The van der Waals surface area contributed by atoms with Crippen LogP contribution in [-0.4, -0.2) is 0 Å². The van der Waals surface area contributed by atoms with Crippen molar-refractivity contribution in [3.8, 4) is 44.9 Å². The van der Waals surface area contributed by atoms with E-state index < -0.39 is 10.8 Å². The van der Waals surface area contributed by atoms with E-state index in [0.717, 1.165) is 17.1 Å². The average molecular weight is 753 g/mol. The largest absolute Gasteiger partial charge is 0.457 e. The van der Waals surface area contributed by atoms with Gasteiger partial charge in [-0.2, -0.15) is 0 Å². The van der Waals surface area contributed by atoms with Crippen LogP contribution in [0.15, 0.2) is 200 Å². The second-order valence-corrected chi connectivity index (χ2v) is 16.3. The number of rotatable bonds is 4. The predicted molar refractivity (Wildman–Crippen MR) is 244 cm³/mol. The fourth-order valence-corrected chi connectivity index (χ4v) is 11.0. The third-order valence-electron chi connectivity index (χ3n) is 13.4. The molecule has 12 rings (SSSR count). The van der Waals surface area contributed by atoms with E-state index >= 15 is 0 Å². The first-order valence-corrected chi connectivity index (χ1v) is 20.7. The van der Waals surface area contributed by atoms with Crippen LogP contribution < -0.4 is 4.74 Å². The highest BCUT2D eigenvalue weighted by Crippen LogP contribution is 2.63. The van der Waals surface area contributed by atoms with E-state index in [0.29, 0.717) is 0 Å². The lowest BCUT2D eigenvalue weighted by Crippen LogP contribution is -2.32. The van der Waals surface area contributed by atoms with Crippen LogP contribution in [0.2, 0.25) is 0 Å². The molecule has 1 spiro atoms. The van der Waals surface area contributed by atoms with Crippen molar-refractivity contribution in [2.45, 2.75) is 24.7 Å². The maximum Gasteiger partial charge on any atom is 0.132 e. The lowest BCUT2D eigenvalue weighted by Gasteiger charge is -2.40. The van der Waals surface area contributed by atoms with Crippen LogP contribution in [0.3, 0.4) is 0 Å². The summed E-state index contributed by atoms with van der Waals surface area (Å²) in [5.41, 5.74) is 19.0. The maximum atomic E-state index is 6.99. The van der Waals surface area contributed by atoms with Crippen LogP contribution in [0.4, 0.5) is 0 Å². The molecule has 1 aliphatic heterocycles. The first-order chi connectivity index (χ1) is 29.1. The molecule has 0 bridgehead atoms. The summed E-state index contributed by atoms with van der Waals surface area (Å²) >= 11 is 0. The molecule has 3 aliphatic rings. The second-order valence-electron chi connectivity index (χ2n) is 16.3. The Morgan fingerprint density at radius 2 is 0.915 bits per heavy atom. The van der Waals surface area contributed by atoms with Crippen molar-refractivity contribution in [2.24, 2.45) is 0 Å². The minimum Gasteiger partial charge on any atom is -0.457 e. The number of allylic oxidation sites excluding steroid dienone is 1. The minimum atomic E-state index is -0.568. The lowest BCUT2D eigenvalue weighted by molar-refractivity contribution is 0.437. The van der Waals surface area contributed by atoms with Gasteiger partial charge in [0, 0.05) is 11.1 Å². The Bertz CT molecular complexity index is 3120. The zero-order valence-electron chi connectivity index (χ0n) is 33.0. The molecule has 0 amide bonds. The molecule has 0 fully saturated rings. The van der Waals surface area contributed by atoms with Gasteiger partial charge in [-0.05, 0) is 139 Å². The molecule has 0 saturated carbocycles. The molecular weight excluding hydrogens is 713 g/mol. The summed E-state index contributed by atoms with van der Waals surface area (Å²) in [6, 6.07) is 72.4.